The molecule has 0 fully saturated rings. The van der Waals surface area contributed by atoms with E-state index in [1.165, 1.54) is 24.3 Å². The lowest BCUT2D eigenvalue weighted by atomic mass is 9.98. The van der Waals surface area contributed by atoms with Crippen molar-refractivity contribution in [2.24, 2.45) is 0 Å². The Morgan fingerprint density at radius 3 is 2.68 bits per heavy atom. The molecule has 0 aliphatic carbocycles. The molecule has 0 amide bonds. The molecule has 1 atom stereocenters. The monoisotopic (exact) mass is 318 g/mol. The number of carboxylic acids is 1. The number of anilines is 1. The average Bonchev–Trinajstić information content (AvgIpc) is 2.79. The van der Waals surface area contributed by atoms with Gasteiger partial charge < -0.3 is 15.2 Å². The Morgan fingerprint density at radius 1 is 1.27 bits per heavy atom. The number of hydrogen-bond acceptors (Lipinski definition) is 4. The molecule has 0 spiro atoms. The van der Waals surface area contributed by atoms with Gasteiger partial charge in [-0.25, -0.2) is 4.39 Å². The second-order valence-electron chi connectivity index (χ2n) is 4.98. The van der Waals surface area contributed by atoms with Crippen LogP contribution in [-0.4, -0.2) is 17.8 Å². The summed E-state index contributed by atoms with van der Waals surface area (Å²) in [5.74, 6) is -2.33. The average molecular weight is 319 g/mol. The molecule has 112 valence electrons. The normalized spacial score (nSPS) is 16.3. The number of carbonyl (C=O) groups is 2. The predicted octanol–water partition coefficient (Wildman–Crippen LogP) is 2.06. The second-order valence-corrected chi connectivity index (χ2v) is 5.39. The molecule has 0 unspecified atom stereocenters. The van der Waals surface area contributed by atoms with Gasteiger partial charge in [0.25, 0.3) is 0 Å². The number of ketones is 1. The molecule has 4 nitrogen and oxygen atoms in total. The fourth-order valence-electron chi connectivity index (χ4n) is 2.61. The van der Waals surface area contributed by atoms with Crippen molar-refractivity contribution in [2.45, 2.75) is 12.5 Å². The Balaban J connectivity index is 1.95. The smallest absolute Gasteiger partial charge is 0.188 e. The first kappa shape index (κ1) is 14.5. The number of rotatable bonds is 3. The molecule has 0 aromatic heterocycles. The van der Waals surface area contributed by atoms with E-state index < -0.39 is 23.6 Å². The first-order valence-electron chi connectivity index (χ1n) is 6.57. The minimum atomic E-state index is -1.42. The summed E-state index contributed by atoms with van der Waals surface area (Å²) in [6.45, 7) is 0. The molecule has 1 heterocycles. The summed E-state index contributed by atoms with van der Waals surface area (Å²) in [7, 11) is 0. The molecule has 3 rings (SSSR count). The Hall–Kier alpha value is -2.40. The van der Waals surface area contributed by atoms with Gasteiger partial charge in [-0.1, -0.05) is 29.8 Å². The number of carbonyl (C=O) groups excluding carboxylic acids is 2. The van der Waals surface area contributed by atoms with Gasteiger partial charge in [-0.05, 0) is 18.2 Å². The third-order valence-corrected chi connectivity index (χ3v) is 4.00. The zero-order chi connectivity index (χ0) is 15.9. The van der Waals surface area contributed by atoms with E-state index in [0.717, 1.165) is 0 Å². The number of nitrogens with one attached hydrogen (secondary N) is 1. The number of fused-ring (bicyclic) bond motifs is 1. The van der Waals surface area contributed by atoms with Crippen molar-refractivity contribution in [3.63, 3.8) is 0 Å². The highest BCUT2D eigenvalue weighted by Crippen LogP contribution is 2.31. The fraction of sp³-hybridized carbons (Fsp3) is 0.125. The third-order valence-electron chi connectivity index (χ3n) is 3.65. The van der Waals surface area contributed by atoms with Crippen molar-refractivity contribution >= 4 is 29.0 Å². The number of benzene rings is 2. The molecule has 1 N–H and O–H groups in total. The molecular weight excluding hydrogens is 309 g/mol. The summed E-state index contributed by atoms with van der Waals surface area (Å²) >= 11 is 5.97. The minimum Gasteiger partial charge on any atom is -0.545 e. The van der Waals surface area contributed by atoms with Crippen LogP contribution in [0.5, 0.6) is 0 Å². The summed E-state index contributed by atoms with van der Waals surface area (Å²) in [5.41, 5.74) is 0.527. The van der Waals surface area contributed by atoms with Crippen molar-refractivity contribution < 1.29 is 19.1 Å². The SMILES string of the molecule is O=C([O-])c1cccc2c1C(=O)[C@H](Cc1c(F)cccc1Cl)N2. The van der Waals surface area contributed by atoms with E-state index in [1.54, 1.807) is 12.1 Å². The van der Waals surface area contributed by atoms with Crippen LogP contribution in [0.4, 0.5) is 10.1 Å². The Morgan fingerprint density at radius 2 is 2.00 bits per heavy atom. The van der Waals surface area contributed by atoms with Crippen LogP contribution in [0, 0.1) is 5.82 Å². The van der Waals surface area contributed by atoms with Gasteiger partial charge in [-0.15, -0.1) is 0 Å². The quantitative estimate of drug-likeness (QED) is 0.940. The van der Waals surface area contributed by atoms with Crippen molar-refractivity contribution in [3.8, 4) is 0 Å². The molecule has 1 aliphatic rings. The maximum absolute atomic E-state index is 13.8. The number of carboxylic acid groups (broad SMARTS) is 1. The summed E-state index contributed by atoms with van der Waals surface area (Å²) in [5, 5.41) is 14.3. The van der Waals surface area contributed by atoms with Gasteiger partial charge in [-0.2, -0.15) is 0 Å². The molecule has 2 aromatic carbocycles. The van der Waals surface area contributed by atoms with Gasteiger partial charge in [0.1, 0.15) is 5.82 Å². The second kappa shape index (κ2) is 5.42. The van der Waals surface area contributed by atoms with E-state index in [0.29, 0.717) is 5.69 Å². The van der Waals surface area contributed by atoms with E-state index in [-0.39, 0.29) is 28.1 Å². The molecular formula is C16H10ClFNO3-. The van der Waals surface area contributed by atoms with Crippen LogP contribution < -0.4 is 10.4 Å². The van der Waals surface area contributed by atoms with Gasteiger partial charge in [0.2, 0.25) is 0 Å². The summed E-state index contributed by atoms with van der Waals surface area (Å²) < 4.78 is 13.8. The van der Waals surface area contributed by atoms with E-state index in [2.05, 4.69) is 5.32 Å². The van der Waals surface area contributed by atoms with Crippen molar-refractivity contribution in [3.05, 3.63) is 63.9 Å². The lowest BCUT2D eigenvalue weighted by Gasteiger charge is -2.12. The molecule has 1 aliphatic heterocycles. The topological polar surface area (TPSA) is 69.2 Å². The van der Waals surface area contributed by atoms with Gasteiger partial charge in [-0.3, -0.25) is 4.79 Å². The third kappa shape index (κ3) is 2.33. The molecule has 6 heteroatoms. The van der Waals surface area contributed by atoms with Gasteiger partial charge in [0.15, 0.2) is 5.78 Å². The van der Waals surface area contributed by atoms with Crippen LogP contribution in [0.3, 0.4) is 0 Å². The highest BCUT2D eigenvalue weighted by molar-refractivity contribution is 6.31. The molecule has 0 bridgehead atoms. The van der Waals surface area contributed by atoms with Crippen LogP contribution >= 0.6 is 11.6 Å². The first-order valence-corrected chi connectivity index (χ1v) is 6.95. The van der Waals surface area contributed by atoms with Gasteiger partial charge in [0.05, 0.1) is 17.6 Å². The zero-order valence-electron chi connectivity index (χ0n) is 11.2. The molecule has 0 saturated carbocycles. The lowest BCUT2D eigenvalue weighted by Crippen LogP contribution is -2.28. The van der Waals surface area contributed by atoms with Gasteiger partial charge >= 0.3 is 0 Å². The largest absolute Gasteiger partial charge is 0.545 e. The Labute approximate surface area is 130 Å². The van der Waals surface area contributed by atoms with Crippen molar-refractivity contribution in [2.75, 3.05) is 5.32 Å². The first-order chi connectivity index (χ1) is 10.5. The van der Waals surface area contributed by atoms with Crippen LogP contribution in [0.25, 0.3) is 0 Å². The van der Waals surface area contributed by atoms with E-state index in [1.807, 2.05) is 0 Å². The summed E-state index contributed by atoms with van der Waals surface area (Å²) in [6.07, 6.45) is 0.0332. The van der Waals surface area contributed by atoms with Crippen LogP contribution in [0.2, 0.25) is 5.02 Å². The summed E-state index contributed by atoms with van der Waals surface area (Å²) in [4.78, 5) is 23.5. The molecule has 0 saturated heterocycles. The zero-order valence-corrected chi connectivity index (χ0v) is 12.0. The number of Topliss-reactive ketones (excluding diaryl/α,β-unsaturated/α-hetero) is 1. The molecule has 2 aromatic rings. The molecule has 0 radical (unpaired) electrons. The molecule has 22 heavy (non-hydrogen) atoms. The Bertz CT molecular complexity index is 771. The summed E-state index contributed by atoms with van der Waals surface area (Å²) in [6, 6.07) is 7.95. The maximum Gasteiger partial charge on any atom is 0.188 e. The number of aromatic carboxylic acids is 1. The Kier molecular flexibility index (Phi) is 3.58. The highest BCUT2D eigenvalue weighted by atomic mass is 35.5. The lowest BCUT2D eigenvalue weighted by molar-refractivity contribution is -0.255. The van der Waals surface area contributed by atoms with Crippen LogP contribution in [0.1, 0.15) is 26.3 Å². The number of halogens is 2. The van der Waals surface area contributed by atoms with Crippen molar-refractivity contribution in [1.29, 1.82) is 0 Å². The number of hydrogen-bond donors (Lipinski definition) is 1. The van der Waals surface area contributed by atoms with E-state index >= 15 is 0 Å². The highest BCUT2D eigenvalue weighted by Gasteiger charge is 2.33. The van der Waals surface area contributed by atoms with Crippen LogP contribution in [0.15, 0.2) is 36.4 Å². The van der Waals surface area contributed by atoms with Gasteiger partial charge in [0, 0.05) is 28.3 Å². The van der Waals surface area contributed by atoms with Crippen molar-refractivity contribution in [1.82, 2.24) is 0 Å². The van der Waals surface area contributed by atoms with Crippen LogP contribution in [-0.2, 0) is 6.42 Å². The maximum atomic E-state index is 13.8. The standard InChI is InChI=1S/C16H11ClFNO3/c17-10-4-2-5-11(18)9(10)7-13-15(20)14-8(16(21)22)3-1-6-12(14)19-13/h1-6,13,19H,7H2,(H,21,22)/p-1/t13-/m0/s1. The minimum absolute atomic E-state index is 0.0332. The van der Waals surface area contributed by atoms with E-state index in [9.17, 15) is 19.1 Å². The fourth-order valence-corrected chi connectivity index (χ4v) is 2.85. The van der Waals surface area contributed by atoms with E-state index in [4.69, 9.17) is 11.6 Å². The predicted molar refractivity (Wildman–Crippen MR) is 77.6 cm³/mol.